The van der Waals surface area contributed by atoms with Gasteiger partial charge in [0.05, 0.1) is 11.7 Å². The number of hydrogen-bond donors (Lipinski definition) is 4. The largest absolute Gasteiger partial charge is 0.369 e. The van der Waals surface area contributed by atoms with Gasteiger partial charge >= 0.3 is 0 Å². The average molecular weight is 192 g/mol. The molecule has 7 N–H and O–H groups in total. The lowest BCUT2D eigenvalue weighted by Crippen LogP contribution is -2.23. The van der Waals surface area contributed by atoms with Crippen molar-refractivity contribution in [3.05, 3.63) is 30.5 Å². The maximum atomic E-state index is 4.69. The normalized spacial score (nSPS) is 8.86. The Morgan fingerprint density at radius 1 is 1.29 bits per heavy atom. The molecule has 0 saturated carbocycles. The van der Waals surface area contributed by atoms with Crippen molar-refractivity contribution in [2.24, 2.45) is 22.4 Å². The van der Waals surface area contributed by atoms with Gasteiger partial charge in [0.1, 0.15) is 0 Å². The van der Waals surface area contributed by atoms with Gasteiger partial charge in [-0.25, -0.2) is 0 Å². The van der Waals surface area contributed by atoms with Crippen molar-refractivity contribution < 1.29 is 0 Å². The van der Waals surface area contributed by atoms with Crippen LogP contribution in [-0.2, 0) is 0 Å². The number of nitrogens with zero attached hydrogens (tertiary/aromatic N) is 2. The predicted octanol–water partition coefficient (Wildman–Crippen LogP) is -0.304. The molecule has 2 aromatic rings. The lowest BCUT2D eigenvalue weighted by molar-refractivity contribution is 1.12. The summed E-state index contributed by atoms with van der Waals surface area (Å²) in [7, 11) is 0. The first-order valence-corrected chi connectivity index (χ1v) is 3.91. The maximum Gasteiger partial charge on any atom is 0.208 e. The number of benzene rings is 1. The molecule has 0 fully saturated rings. The minimum atomic E-state index is -0.0926. The Labute approximate surface area is 80.8 Å². The molecule has 14 heavy (non-hydrogen) atoms. The third kappa shape index (κ3) is 2.67. The Bertz CT molecular complexity index is 384. The third-order valence-corrected chi connectivity index (χ3v) is 1.50. The molecule has 1 aromatic carbocycles. The highest BCUT2D eigenvalue weighted by Crippen LogP contribution is 2.06. The molecule has 1 heterocycles. The van der Waals surface area contributed by atoms with Crippen molar-refractivity contribution in [2.45, 2.75) is 0 Å². The molecule has 74 valence electrons. The monoisotopic (exact) mass is 192 g/mol. The van der Waals surface area contributed by atoms with Gasteiger partial charge in [0.15, 0.2) is 0 Å². The van der Waals surface area contributed by atoms with E-state index < -0.39 is 0 Å². The van der Waals surface area contributed by atoms with Gasteiger partial charge in [-0.2, -0.15) is 5.10 Å². The molecular formula is C8H12N6. The molecule has 2 rings (SSSR count). The zero-order valence-corrected chi connectivity index (χ0v) is 7.51. The number of aromatic nitrogens is 2. The van der Waals surface area contributed by atoms with E-state index in [4.69, 9.17) is 11.5 Å². The number of hydrogen-bond acceptors (Lipinski definition) is 3. The third-order valence-electron chi connectivity index (χ3n) is 1.50. The van der Waals surface area contributed by atoms with E-state index in [0.29, 0.717) is 0 Å². The summed E-state index contributed by atoms with van der Waals surface area (Å²) < 4.78 is 0. The van der Waals surface area contributed by atoms with E-state index in [9.17, 15) is 0 Å². The summed E-state index contributed by atoms with van der Waals surface area (Å²) in [5, 5.41) is 10.8. The molecule has 0 radical (unpaired) electrons. The van der Waals surface area contributed by atoms with Gasteiger partial charge in [-0.05, 0) is 6.07 Å². The second-order valence-electron chi connectivity index (χ2n) is 2.51. The van der Waals surface area contributed by atoms with Crippen LogP contribution in [0.2, 0.25) is 0 Å². The van der Waals surface area contributed by atoms with Crippen LogP contribution in [0.25, 0.3) is 10.9 Å². The van der Waals surface area contributed by atoms with Crippen molar-refractivity contribution in [2.75, 3.05) is 0 Å². The van der Waals surface area contributed by atoms with E-state index in [1.807, 2.05) is 30.5 Å². The van der Waals surface area contributed by atoms with E-state index in [-0.39, 0.29) is 5.96 Å². The molecule has 1 aromatic heterocycles. The van der Waals surface area contributed by atoms with Crippen molar-refractivity contribution in [3.8, 4) is 0 Å². The molecule has 0 amide bonds. The number of aromatic amines is 1. The fourth-order valence-corrected chi connectivity index (χ4v) is 0.883. The summed E-state index contributed by atoms with van der Waals surface area (Å²) in [5.74, 6) is 4.42. The molecule has 6 nitrogen and oxygen atoms in total. The number of H-pyrrole nitrogens is 1. The van der Waals surface area contributed by atoms with E-state index >= 15 is 0 Å². The van der Waals surface area contributed by atoms with Crippen molar-refractivity contribution in [1.29, 1.82) is 0 Å². The summed E-state index contributed by atoms with van der Waals surface area (Å²) in [4.78, 5) is 0. The van der Waals surface area contributed by atoms with Gasteiger partial charge in [-0.15, -0.1) is 5.10 Å². The first-order chi connectivity index (χ1) is 6.74. The van der Waals surface area contributed by atoms with Crippen LogP contribution in [-0.4, -0.2) is 16.2 Å². The minimum absolute atomic E-state index is 0.0926. The van der Waals surface area contributed by atoms with Crippen molar-refractivity contribution >= 4 is 16.9 Å². The van der Waals surface area contributed by atoms with Crippen LogP contribution < -0.4 is 17.3 Å². The molecule has 0 aliphatic rings. The SMILES string of the molecule is NN=C(N)N.c1ccc2[nH]ncc2c1. The summed E-state index contributed by atoms with van der Waals surface area (Å²) >= 11 is 0. The number of guanidine groups is 1. The summed E-state index contributed by atoms with van der Waals surface area (Å²) in [5.41, 5.74) is 10.5. The highest BCUT2D eigenvalue weighted by molar-refractivity contribution is 5.77. The van der Waals surface area contributed by atoms with Crippen molar-refractivity contribution in [3.63, 3.8) is 0 Å². The zero-order valence-electron chi connectivity index (χ0n) is 7.51. The van der Waals surface area contributed by atoms with Crippen LogP contribution in [0.1, 0.15) is 0 Å². The molecule has 0 unspecified atom stereocenters. The van der Waals surface area contributed by atoms with Crippen LogP contribution in [0, 0.1) is 0 Å². The van der Waals surface area contributed by atoms with Gasteiger partial charge in [-0.1, -0.05) is 18.2 Å². The van der Waals surface area contributed by atoms with Gasteiger partial charge < -0.3 is 17.3 Å². The second kappa shape index (κ2) is 4.70. The summed E-state index contributed by atoms with van der Waals surface area (Å²) in [6.45, 7) is 0. The summed E-state index contributed by atoms with van der Waals surface area (Å²) in [6.07, 6.45) is 1.81. The fourth-order valence-electron chi connectivity index (χ4n) is 0.883. The first-order valence-electron chi connectivity index (χ1n) is 3.91. The van der Waals surface area contributed by atoms with Gasteiger partial charge in [0.25, 0.3) is 0 Å². The van der Waals surface area contributed by atoms with Crippen LogP contribution in [0.5, 0.6) is 0 Å². The van der Waals surface area contributed by atoms with Gasteiger partial charge in [-0.3, -0.25) is 5.10 Å². The van der Waals surface area contributed by atoms with E-state index in [1.54, 1.807) is 0 Å². The quantitative estimate of drug-likeness (QED) is 0.198. The molecule has 0 bridgehead atoms. The van der Waals surface area contributed by atoms with Crippen LogP contribution in [0.3, 0.4) is 0 Å². The number of fused-ring (bicyclic) bond motifs is 1. The topological polar surface area (TPSA) is 119 Å². The number of rotatable bonds is 0. The Balaban J connectivity index is 0.000000171. The molecule has 0 atom stereocenters. The van der Waals surface area contributed by atoms with Gasteiger partial charge in [0, 0.05) is 5.39 Å². The smallest absolute Gasteiger partial charge is 0.208 e. The number of nitrogens with two attached hydrogens (primary N) is 3. The highest BCUT2D eigenvalue weighted by Gasteiger charge is 1.88. The first kappa shape index (κ1) is 9.85. The van der Waals surface area contributed by atoms with E-state index in [0.717, 1.165) is 10.9 Å². The molecule has 6 heteroatoms. The Morgan fingerprint density at radius 2 is 1.93 bits per heavy atom. The Hall–Kier alpha value is -2.24. The van der Waals surface area contributed by atoms with Crippen molar-refractivity contribution in [1.82, 2.24) is 10.2 Å². The molecule has 0 aliphatic heterocycles. The zero-order chi connectivity index (χ0) is 10.4. The number of para-hydroxylation sites is 1. The average Bonchev–Trinajstić information content (AvgIpc) is 2.66. The summed E-state index contributed by atoms with van der Waals surface area (Å²) in [6, 6.07) is 8.01. The van der Waals surface area contributed by atoms with Crippen LogP contribution in [0.15, 0.2) is 35.6 Å². The number of nitrogens with one attached hydrogen (secondary N) is 1. The Morgan fingerprint density at radius 3 is 2.50 bits per heavy atom. The maximum absolute atomic E-state index is 4.69. The Kier molecular flexibility index (Phi) is 3.31. The van der Waals surface area contributed by atoms with Crippen LogP contribution >= 0.6 is 0 Å². The highest BCUT2D eigenvalue weighted by atomic mass is 15.2. The molecule has 0 aliphatic carbocycles. The van der Waals surface area contributed by atoms with E-state index in [1.165, 1.54) is 0 Å². The second-order valence-corrected chi connectivity index (χ2v) is 2.51. The standard InChI is InChI=1S/C7H6N2.CH6N4/c1-2-4-7-6(3-1)5-8-9-7;2-1(3)5-4/h1-5H,(H,8,9);4H2,(H4,2,3,5). The van der Waals surface area contributed by atoms with Crippen LogP contribution in [0.4, 0.5) is 0 Å². The minimum Gasteiger partial charge on any atom is -0.369 e. The fraction of sp³-hybridized carbons (Fsp3) is 0. The molecular weight excluding hydrogens is 180 g/mol. The van der Waals surface area contributed by atoms with E-state index in [2.05, 4.69) is 21.1 Å². The molecule has 0 saturated heterocycles. The lowest BCUT2D eigenvalue weighted by Gasteiger charge is -1.81. The number of hydrazone groups is 1. The lowest BCUT2D eigenvalue weighted by atomic mass is 10.3. The predicted molar refractivity (Wildman–Crippen MR) is 56.1 cm³/mol. The van der Waals surface area contributed by atoms with Gasteiger partial charge in [0.2, 0.25) is 5.96 Å². The molecule has 0 spiro atoms.